The molecule has 0 aliphatic rings. The number of aryl methyl sites for hydroxylation is 2. The third-order valence-corrected chi connectivity index (χ3v) is 1.98. The van der Waals surface area contributed by atoms with Crippen LogP contribution in [0.3, 0.4) is 0 Å². The Morgan fingerprint density at radius 2 is 2.00 bits per heavy atom. The molecule has 0 aromatic heterocycles. The quantitative estimate of drug-likeness (QED) is 0.555. The Morgan fingerprint density at radius 3 is 2.50 bits per heavy atom. The molecular weight excluding hydrogens is 189 g/mol. The molecule has 0 bridgehead atoms. The van der Waals surface area contributed by atoms with Crippen LogP contribution in [0.2, 0.25) is 0 Å². The van der Waals surface area contributed by atoms with Gasteiger partial charge in [-0.2, -0.15) is 0 Å². The van der Waals surface area contributed by atoms with Gasteiger partial charge in [-0.25, -0.2) is 4.39 Å². The lowest BCUT2D eigenvalue weighted by molar-refractivity contribution is -0.386. The van der Waals surface area contributed by atoms with Gasteiger partial charge in [-0.3, -0.25) is 10.1 Å². The van der Waals surface area contributed by atoms with Crippen LogP contribution in [0.15, 0.2) is 12.1 Å². The molecular formula is C9H10FNO3. The molecule has 76 valence electrons. The molecule has 0 saturated heterocycles. The summed E-state index contributed by atoms with van der Waals surface area (Å²) in [5.41, 5.74) is 1.41. The van der Waals surface area contributed by atoms with E-state index in [0.29, 0.717) is 0 Å². The van der Waals surface area contributed by atoms with E-state index in [0.717, 1.165) is 11.1 Å². The normalized spacial score (nSPS) is 9.93. The number of halogens is 1. The van der Waals surface area contributed by atoms with Gasteiger partial charge < -0.3 is 4.74 Å². The second-order valence-electron chi connectivity index (χ2n) is 2.91. The molecule has 4 nitrogen and oxygen atoms in total. The Kier molecular flexibility index (Phi) is 3.01. The summed E-state index contributed by atoms with van der Waals surface area (Å²) in [4.78, 5) is 9.98. The Balaban J connectivity index is 3.24. The van der Waals surface area contributed by atoms with Gasteiger partial charge in [-0.1, -0.05) is 0 Å². The lowest BCUT2D eigenvalue weighted by atomic mass is 10.1. The van der Waals surface area contributed by atoms with Crippen LogP contribution < -0.4 is 4.74 Å². The van der Waals surface area contributed by atoms with Crippen molar-refractivity contribution in [1.29, 1.82) is 0 Å². The Bertz CT molecular complexity index is 365. The van der Waals surface area contributed by atoms with Crippen LogP contribution in [0.5, 0.6) is 5.75 Å². The number of hydrogen-bond acceptors (Lipinski definition) is 3. The average molecular weight is 199 g/mol. The predicted octanol–water partition coefficient (Wildman–Crippen LogP) is 2.52. The molecule has 0 radical (unpaired) electrons. The van der Waals surface area contributed by atoms with Gasteiger partial charge >= 0.3 is 5.69 Å². The molecule has 14 heavy (non-hydrogen) atoms. The van der Waals surface area contributed by atoms with Crippen molar-refractivity contribution >= 4 is 5.69 Å². The van der Waals surface area contributed by atoms with Gasteiger partial charge in [-0.05, 0) is 31.0 Å². The third-order valence-electron chi connectivity index (χ3n) is 1.98. The molecule has 0 heterocycles. The van der Waals surface area contributed by atoms with Crippen LogP contribution in [0.25, 0.3) is 0 Å². The number of hydrogen-bond donors (Lipinski definition) is 0. The fourth-order valence-corrected chi connectivity index (χ4v) is 1.09. The first kappa shape index (κ1) is 10.4. The SMILES string of the molecule is Cc1cc(OCF)c([N+](=O)[O-])cc1C. The number of rotatable bonds is 3. The standard InChI is InChI=1S/C9H10FNO3/c1-6-3-8(11(12)13)9(14-5-10)4-7(6)2/h3-4H,5H2,1-2H3. The minimum Gasteiger partial charge on any atom is -0.456 e. The van der Waals surface area contributed by atoms with Crippen molar-refractivity contribution in [1.82, 2.24) is 0 Å². The van der Waals surface area contributed by atoms with Gasteiger partial charge in [0.2, 0.25) is 12.6 Å². The molecule has 1 rings (SSSR count). The van der Waals surface area contributed by atoms with E-state index in [1.165, 1.54) is 12.1 Å². The minimum absolute atomic E-state index is 0.0272. The fraction of sp³-hybridized carbons (Fsp3) is 0.333. The van der Waals surface area contributed by atoms with E-state index < -0.39 is 11.8 Å². The van der Waals surface area contributed by atoms with Crippen LogP contribution >= 0.6 is 0 Å². The summed E-state index contributed by atoms with van der Waals surface area (Å²) in [5, 5.41) is 10.6. The van der Waals surface area contributed by atoms with Crippen molar-refractivity contribution in [3.8, 4) is 5.75 Å². The van der Waals surface area contributed by atoms with Crippen LogP contribution in [-0.2, 0) is 0 Å². The summed E-state index contributed by atoms with van der Waals surface area (Å²) in [7, 11) is 0. The summed E-state index contributed by atoms with van der Waals surface area (Å²) in [5.74, 6) is -0.0272. The first-order chi connectivity index (χ1) is 6.56. The van der Waals surface area contributed by atoms with Gasteiger partial charge in [0.05, 0.1) is 4.92 Å². The maximum Gasteiger partial charge on any atom is 0.311 e. The number of nitro benzene ring substituents is 1. The third kappa shape index (κ3) is 1.99. The summed E-state index contributed by atoms with van der Waals surface area (Å²) >= 11 is 0. The highest BCUT2D eigenvalue weighted by molar-refractivity contribution is 5.51. The van der Waals surface area contributed by atoms with Crippen LogP contribution in [-0.4, -0.2) is 11.8 Å². The maximum absolute atomic E-state index is 11.9. The Hall–Kier alpha value is -1.65. The first-order valence-electron chi connectivity index (χ1n) is 4.00. The molecule has 0 unspecified atom stereocenters. The molecule has 1 aromatic rings. The van der Waals surface area contributed by atoms with Gasteiger partial charge in [-0.15, -0.1) is 0 Å². The van der Waals surface area contributed by atoms with Crippen LogP contribution in [0, 0.1) is 24.0 Å². The van der Waals surface area contributed by atoms with E-state index in [9.17, 15) is 14.5 Å². The molecule has 5 heteroatoms. The molecule has 0 atom stereocenters. The summed E-state index contributed by atoms with van der Waals surface area (Å²) in [6, 6.07) is 2.84. The second kappa shape index (κ2) is 4.04. The highest BCUT2D eigenvalue weighted by Gasteiger charge is 2.16. The summed E-state index contributed by atoms with van der Waals surface area (Å²) in [6.45, 7) is 2.47. The molecule has 0 spiro atoms. The van der Waals surface area contributed by atoms with E-state index in [1.807, 2.05) is 0 Å². The second-order valence-corrected chi connectivity index (χ2v) is 2.91. The zero-order valence-corrected chi connectivity index (χ0v) is 7.91. The monoisotopic (exact) mass is 199 g/mol. The molecule has 0 aliphatic carbocycles. The maximum atomic E-state index is 11.9. The smallest absolute Gasteiger partial charge is 0.311 e. The lowest BCUT2D eigenvalue weighted by Gasteiger charge is -2.05. The Labute approximate surface area is 80.5 Å². The fourth-order valence-electron chi connectivity index (χ4n) is 1.09. The average Bonchev–Trinajstić information content (AvgIpc) is 2.11. The van der Waals surface area contributed by atoms with E-state index in [1.54, 1.807) is 13.8 Å². The molecule has 0 N–H and O–H groups in total. The Morgan fingerprint density at radius 1 is 1.43 bits per heavy atom. The van der Waals surface area contributed by atoms with Gasteiger partial charge in [0.1, 0.15) is 0 Å². The highest BCUT2D eigenvalue weighted by Crippen LogP contribution is 2.29. The number of ether oxygens (including phenoxy) is 1. The van der Waals surface area contributed by atoms with E-state index >= 15 is 0 Å². The van der Waals surface area contributed by atoms with E-state index in [4.69, 9.17) is 0 Å². The van der Waals surface area contributed by atoms with Crippen molar-refractivity contribution in [3.63, 3.8) is 0 Å². The zero-order chi connectivity index (χ0) is 10.7. The number of alkyl halides is 1. The van der Waals surface area contributed by atoms with Crippen LogP contribution in [0.1, 0.15) is 11.1 Å². The van der Waals surface area contributed by atoms with E-state index in [2.05, 4.69) is 4.74 Å². The summed E-state index contributed by atoms with van der Waals surface area (Å²) in [6.07, 6.45) is 0. The first-order valence-corrected chi connectivity index (χ1v) is 4.00. The predicted molar refractivity (Wildman–Crippen MR) is 49.2 cm³/mol. The van der Waals surface area contributed by atoms with Crippen LogP contribution in [0.4, 0.5) is 10.1 Å². The molecule has 0 aliphatic heterocycles. The van der Waals surface area contributed by atoms with Crippen molar-refractivity contribution in [3.05, 3.63) is 33.4 Å². The highest BCUT2D eigenvalue weighted by atomic mass is 19.1. The zero-order valence-electron chi connectivity index (χ0n) is 7.91. The molecule has 0 amide bonds. The largest absolute Gasteiger partial charge is 0.456 e. The van der Waals surface area contributed by atoms with Crippen molar-refractivity contribution in [2.75, 3.05) is 6.86 Å². The number of nitro groups is 1. The van der Waals surface area contributed by atoms with Crippen molar-refractivity contribution in [2.24, 2.45) is 0 Å². The lowest BCUT2D eigenvalue weighted by Crippen LogP contribution is -1.98. The van der Waals surface area contributed by atoms with Gasteiger partial charge in [0.15, 0.2) is 0 Å². The molecule has 0 fully saturated rings. The van der Waals surface area contributed by atoms with Gasteiger partial charge in [0.25, 0.3) is 0 Å². The number of benzene rings is 1. The topological polar surface area (TPSA) is 52.4 Å². The number of nitrogens with zero attached hydrogens (tertiary/aromatic N) is 1. The van der Waals surface area contributed by atoms with Crippen molar-refractivity contribution < 1.29 is 14.1 Å². The van der Waals surface area contributed by atoms with Gasteiger partial charge in [0, 0.05) is 6.07 Å². The van der Waals surface area contributed by atoms with E-state index in [-0.39, 0.29) is 11.4 Å². The molecule has 1 aromatic carbocycles. The molecule has 0 saturated carbocycles. The summed E-state index contributed by atoms with van der Waals surface area (Å²) < 4.78 is 16.4. The minimum atomic E-state index is -1.07. The van der Waals surface area contributed by atoms with Crippen molar-refractivity contribution in [2.45, 2.75) is 13.8 Å².